The molecule has 0 radical (unpaired) electrons. The van der Waals surface area contributed by atoms with Crippen molar-refractivity contribution in [1.29, 1.82) is 0 Å². The standard InChI is InChI=1S/C23H28N4O3S/c28-23(24-14-13-18-15-25-26-16-18)20-11-12-22(19-7-3-1-4-8-19)27(17-20)31(29,30)21-9-5-2-6-10-21/h1-10,15,18,20,22,26H,11-14,16-17H2,(H,24,28)/t18?,20-,22-/m1/s1. The van der Waals surface area contributed by atoms with Crippen molar-refractivity contribution in [2.45, 2.75) is 30.2 Å². The number of hydrazone groups is 1. The Morgan fingerprint density at radius 1 is 1.06 bits per heavy atom. The highest BCUT2D eigenvalue weighted by Crippen LogP contribution is 2.37. The molecule has 2 N–H and O–H groups in total. The summed E-state index contributed by atoms with van der Waals surface area (Å²) in [5.74, 6) is -0.124. The lowest BCUT2D eigenvalue weighted by Gasteiger charge is -2.38. The summed E-state index contributed by atoms with van der Waals surface area (Å²) in [4.78, 5) is 13.1. The number of hydrogen-bond acceptors (Lipinski definition) is 5. The van der Waals surface area contributed by atoms with Crippen molar-refractivity contribution in [2.75, 3.05) is 19.6 Å². The van der Waals surface area contributed by atoms with Gasteiger partial charge in [0, 0.05) is 31.8 Å². The summed E-state index contributed by atoms with van der Waals surface area (Å²) >= 11 is 0. The lowest BCUT2D eigenvalue weighted by molar-refractivity contribution is -0.126. The number of carbonyl (C=O) groups excluding carboxylic acids is 1. The van der Waals surface area contributed by atoms with E-state index in [1.807, 2.05) is 36.5 Å². The van der Waals surface area contributed by atoms with Gasteiger partial charge in [0.1, 0.15) is 0 Å². The molecule has 2 aromatic carbocycles. The molecular weight excluding hydrogens is 412 g/mol. The minimum absolute atomic E-state index is 0.0809. The fourth-order valence-corrected chi connectivity index (χ4v) is 5.95. The predicted octanol–water partition coefficient (Wildman–Crippen LogP) is 2.54. The first kappa shape index (κ1) is 21.5. The number of amides is 1. The van der Waals surface area contributed by atoms with E-state index in [4.69, 9.17) is 0 Å². The normalized spacial score (nSPS) is 23.9. The Morgan fingerprint density at radius 3 is 2.45 bits per heavy atom. The van der Waals surface area contributed by atoms with Crippen LogP contribution in [-0.4, -0.2) is 44.5 Å². The Labute approximate surface area is 183 Å². The van der Waals surface area contributed by atoms with Crippen molar-refractivity contribution in [1.82, 2.24) is 15.0 Å². The van der Waals surface area contributed by atoms with Crippen LogP contribution in [0.5, 0.6) is 0 Å². The second kappa shape index (κ2) is 9.62. The third-order valence-electron chi connectivity index (χ3n) is 5.99. The molecule has 1 amide bonds. The molecule has 1 fully saturated rings. The zero-order chi connectivity index (χ0) is 21.7. The summed E-state index contributed by atoms with van der Waals surface area (Å²) in [6, 6.07) is 17.8. The third kappa shape index (κ3) is 4.97. The number of piperidine rings is 1. The van der Waals surface area contributed by atoms with Gasteiger partial charge in [-0.3, -0.25) is 4.79 Å². The minimum Gasteiger partial charge on any atom is -0.356 e. The van der Waals surface area contributed by atoms with Crippen LogP contribution in [0.2, 0.25) is 0 Å². The SMILES string of the molecule is O=C(NCCC1C=NNC1)[C@@H]1CC[C@H](c2ccccc2)N(S(=O)(=O)c2ccccc2)C1. The number of nitrogens with one attached hydrogen (secondary N) is 2. The van der Waals surface area contributed by atoms with E-state index in [9.17, 15) is 13.2 Å². The Hall–Kier alpha value is -2.71. The van der Waals surface area contributed by atoms with Crippen molar-refractivity contribution in [3.8, 4) is 0 Å². The second-order valence-corrected chi connectivity index (χ2v) is 9.96. The Bertz CT molecular complexity index is 1010. The predicted molar refractivity (Wildman–Crippen MR) is 120 cm³/mol. The van der Waals surface area contributed by atoms with Crippen LogP contribution in [0.4, 0.5) is 0 Å². The summed E-state index contributed by atoms with van der Waals surface area (Å²) < 4.78 is 28.5. The summed E-state index contributed by atoms with van der Waals surface area (Å²) in [7, 11) is -3.73. The van der Waals surface area contributed by atoms with Gasteiger partial charge >= 0.3 is 0 Å². The maximum absolute atomic E-state index is 13.5. The molecular formula is C23H28N4O3S. The summed E-state index contributed by atoms with van der Waals surface area (Å²) in [6.07, 6.45) is 3.94. The van der Waals surface area contributed by atoms with E-state index in [0.717, 1.165) is 18.5 Å². The molecule has 2 heterocycles. The van der Waals surface area contributed by atoms with Crippen LogP contribution in [0, 0.1) is 11.8 Å². The Balaban J connectivity index is 1.50. The average molecular weight is 441 g/mol. The van der Waals surface area contributed by atoms with E-state index in [2.05, 4.69) is 15.8 Å². The summed E-state index contributed by atoms with van der Waals surface area (Å²) in [5.41, 5.74) is 3.87. The van der Waals surface area contributed by atoms with Crippen molar-refractivity contribution in [3.05, 3.63) is 66.2 Å². The second-order valence-electron chi connectivity index (χ2n) is 8.07. The molecule has 164 valence electrons. The van der Waals surface area contributed by atoms with Crippen molar-refractivity contribution in [3.63, 3.8) is 0 Å². The summed E-state index contributed by atoms with van der Waals surface area (Å²) in [5, 5.41) is 6.99. The highest BCUT2D eigenvalue weighted by molar-refractivity contribution is 7.89. The van der Waals surface area contributed by atoms with Gasteiger partial charge in [-0.25, -0.2) is 8.42 Å². The van der Waals surface area contributed by atoms with Crippen LogP contribution in [0.25, 0.3) is 0 Å². The van der Waals surface area contributed by atoms with E-state index in [-0.39, 0.29) is 29.3 Å². The van der Waals surface area contributed by atoms with Crippen LogP contribution >= 0.6 is 0 Å². The minimum atomic E-state index is -3.73. The maximum Gasteiger partial charge on any atom is 0.243 e. The molecule has 2 aromatic rings. The molecule has 0 aromatic heterocycles. The number of hydrogen-bond donors (Lipinski definition) is 2. The lowest BCUT2D eigenvalue weighted by Crippen LogP contribution is -2.47. The number of sulfonamides is 1. The van der Waals surface area contributed by atoms with E-state index < -0.39 is 10.0 Å². The molecule has 1 saturated heterocycles. The molecule has 2 aliphatic rings. The van der Waals surface area contributed by atoms with Gasteiger partial charge < -0.3 is 10.7 Å². The smallest absolute Gasteiger partial charge is 0.243 e. The quantitative estimate of drug-likeness (QED) is 0.692. The maximum atomic E-state index is 13.5. The number of nitrogens with zero attached hydrogens (tertiary/aromatic N) is 2. The first-order valence-electron chi connectivity index (χ1n) is 10.7. The molecule has 0 spiro atoms. The van der Waals surface area contributed by atoms with E-state index in [0.29, 0.717) is 25.3 Å². The Morgan fingerprint density at radius 2 is 1.77 bits per heavy atom. The monoisotopic (exact) mass is 440 g/mol. The van der Waals surface area contributed by atoms with Crippen LogP contribution in [0.1, 0.15) is 30.9 Å². The van der Waals surface area contributed by atoms with Crippen LogP contribution in [0.3, 0.4) is 0 Å². The van der Waals surface area contributed by atoms with E-state index in [1.165, 1.54) is 4.31 Å². The molecule has 0 aliphatic carbocycles. The van der Waals surface area contributed by atoms with Crippen molar-refractivity contribution >= 4 is 22.1 Å². The highest BCUT2D eigenvalue weighted by atomic mass is 32.2. The molecule has 31 heavy (non-hydrogen) atoms. The zero-order valence-electron chi connectivity index (χ0n) is 17.4. The van der Waals surface area contributed by atoms with Crippen LogP contribution in [-0.2, 0) is 14.8 Å². The molecule has 3 atom stereocenters. The topological polar surface area (TPSA) is 90.9 Å². The molecule has 8 heteroatoms. The van der Waals surface area contributed by atoms with E-state index in [1.54, 1.807) is 30.3 Å². The van der Waals surface area contributed by atoms with Gasteiger partial charge in [-0.2, -0.15) is 9.41 Å². The van der Waals surface area contributed by atoms with Gasteiger partial charge in [-0.15, -0.1) is 0 Å². The molecule has 1 unspecified atom stereocenters. The van der Waals surface area contributed by atoms with E-state index >= 15 is 0 Å². The van der Waals surface area contributed by atoms with Crippen molar-refractivity contribution < 1.29 is 13.2 Å². The van der Waals surface area contributed by atoms with Gasteiger partial charge in [-0.05, 0) is 37.0 Å². The van der Waals surface area contributed by atoms with Gasteiger partial charge in [0.2, 0.25) is 15.9 Å². The molecule has 0 bridgehead atoms. The molecule has 7 nitrogen and oxygen atoms in total. The highest BCUT2D eigenvalue weighted by Gasteiger charge is 2.39. The molecule has 4 rings (SSSR count). The van der Waals surface area contributed by atoms with Gasteiger partial charge in [-0.1, -0.05) is 48.5 Å². The fraction of sp³-hybridized carbons (Fsp3) is 0.391. The fourth-order valence-electron chi connectivity index (χ4n) is 4.24. The number of rotatable bonds is 7. The van der Waals surface area contributed by atoms with Crippen LogP contribution in [0.15, 0.2) is 70.7 Å². The average Bonchev–Trinajstić information content (AvgIpc) is 3.33. The Kier molecular flexibility index (Phi) is 6.67. The first-order valence-corrected chi connectivity index (χ1v) is 12.2. The summed E-state index contributed by atoms with van der Waals surface area (Å²) in [6.45, 7) is 1.53. The molecule has 0 saturated carbocycles. The zero-order valence-corrected chi connectivity index (χ0v) is 18.2. The number of benzene rings is 2. The first-order chi connectivity index (χ1) is 15.1. The van der Waals surface area contributed by atoms with Crippen LogP contribution < -0.4 is 10.7 Å². The number of carbonyl (C=O) groups is 1. The largest absolute Gasteiger partial charge is 0.356 e. The lowest BCUT2D eigenvalue weighted by atomic mass is 9.90. The van der Waals surface area contributed by atoms with Gasteiger partial charge in [0.15, 0.2) is 0 Å². The van der Waals surface area contributed by atoms with Gasteiger partial charge in [0.25, 0.3) is 0 Å². The third-order valence-corrected chi connectivity index (χ3v) is 7.87. The van der Waals surface area contributed by atoms with Crippen molar-refractivity contribution in [2.24, 2.45) is 16.9 Å². The van der Waals surface area contributed by atoms with Gasteiger partial charge in [0.05, 0.1) is 16.9 Å². The molecule has 2 aliphatic heterocycles.